The molecule has 0 atom stereocenters. The summed E-state index contributed by atoms with van der Waals surface area (Å²) in [5.41, 5.74) is 2.17. The van der Waals surface area contributed by atoms with Crippen LogP contribution < -0.4 is 8.92 Å². The average Bonchev–Trinajstić information content (AvgIpc) is 3.12. The van der Waals surface area contributed by atoms with Gasteiger partial charge in [0.2, 0.25) is 0 Å². The Balaban J connectivity index is 1.69. The summed E-state index contributed by atoms with van der Waals surface area (Å²) >= 11 is 1.45. The Morgan fingerprint density at radius 1 is 1.16 bits per heavy atom. The van der Waals surface area contributed by atoms with Gasteiger partial charge in [-0.3, -0.25) is 4.89 Å². The molecule has 0 radical (unpaired) electrons. The number of rotatable bonds is 9. The van der Waals surface area contributed by atoms with Crippen molar-refractivity contribution in [1.29, 1.82) is 0 Å². The number of hydrogen-bond donors (Lipinski definition) is 0. The number of carbonyl (C=O) groups is 1. The molecule has 3 aromatic rings. The van der Waals surface area contributed by atoms with Gasteiger partial charge in [-0.1, -0.05) is 6.92 Å². The summed E-state index contributed by atoms with van der Waals surface area (Å²) < 4.78 is 51.4. The molecule has 3 rings (SSSR count). The van der Waals surface area contributed by atoms with Crippen LogP contribution in [0.5, 0.6) is 11.5 Å². The van der Waals surface area contributed by atoms with Gasteiger partial charge in [-0.05, 0) is 65.7 Å². The third kappa shape index (κ3) is 6.25. The van der Waals surface area contributed by atoms with E-state index in [1.54, 1.807) is 24.3 Å². The van der Waals surface area contributed by atoms with Gasteiger partial charge in [0.05, 0.1) is 10.6 Å². The van der Waals surface area contributed by atoms with Crippen molar-refractivity contribution in [1.82, 2.24) is 4.98 Å². The van der Waals surface area contributed by atoms with Crippen molar-refractivity contribution < 1.29 is 35.7 Å². The number of aryl methyl sites for hydroxylation is 2. The van der Waals surface area contributed by atoms with Gasteiger partial charge >= 0.3 is 16.4 Å². The summed E-state index contributed by atoms with van der Waals surface area (Å²) in [4.78, 5) is 20.2. The Labute approximate surface area is 188 Å². The molecule has 0 amide bonds. The van der Waals surface area contributed by atoms with E-state index >= 15 is 0 Å². The molecule has 0 spiro atoms. The maximum absolute atomic E-state index is 13.1. The third-order valence-corrected chi connectivity index (χ3v) is 5.99. The van der Waals surface area contributed by atoms with Gasteiger partial charge in [0.25, 0.3) is 0 Å². The summed E-state index contributed by atoms with van der Waals surface area (Å²) in [5, 5.41) is 0.761. The van der Waals surface area contributed by atoms with E-state index in [0.717, 1.165) is 28.1 Å². The van der Waals surface area contributed by atoms with Crippen LogP contribution in [0, 0.1) is 12.7 Å². The fraction of sp³-hybridized carbons (Fsp3) is 0.238. The average molecular weight is 482 g/mol. The predicted molar refractivity (Wildman–Crippen MR) is 115 cm³/mol. The van der Waals surface area contributed by atoms with Crippen molar-refractivity contribution in [2.45, 2.75) is 33.8 Å². The first-order valence-corrected chi connectivity index (χ1v) is 11.6. The van der Waals surface area contributed by atoms with Crippen LogP contribution in [-0.2, 0) is 37.4 Å². The molecule has 170 valence electrons. The van der Waals surface area contributed by atoms with Crippen LogP contribution in [0.2, 0.25) is 0 Å². The molecular weight excluding hydrogens is 461 g/mol. The van der Waals surface area contributed by atoms with Crippen LogP contribution >= 0.6 is 11.3 Å². The van der Waals surface area contributed by atoms with E-state index < -0.39 is 16.4 Å². The van der Waals surface area contributed by atoms with E-state index in [0.29, 0.717) is 17.7 Å². The zero-order chi connectivity index (χ0) is 23.3. The van der Waals surface area contributed by atoms with Crippen LogP contribution in [0.15, 0.2) is 42.5 Å². The second-order valence-corrected chi connectivity index (χ2v) is 8.78. The molecule has 0 N–H and O–H groups in total. The van der Waals surface area contributed by atoms with Gasteiger partial charge in [0, 0.05) is 12.5 Å². The third-order valence-electron chi connectivity index (χ3n) is 4.19. The number of aromatic nitrogens is 1. The van der Waals surface area contributed by atoms with Crippen LogP contribution in [0.3, 0.4) is 0 Å². The molecule has 0 fully saturated rings. The van der Waals surface area contributed by atoms with Gasteiger partial charge in [-0.25, -0.2) is 14.2 Å². The monoisotopic (exact) mass is 481 g/mol. The fourth-order valence-corrected chi connectivity index (χ4v) is 4.21. The molecule has 0 unspecified atom stereocenters. The van der Waals surface area contributed by atoms with E-state index in [2.05, 4.69) is 14.2 Å². The lowest BCUT2D eigenvalue weighted by Crippen LogP contribution is -2.16. The van der Waals surface area contributed by atoms with Gasteiger partial charge in [-0.2, -0.15) is 8.42 Å². The highest BCUT2D eigenvalue weighted by Crippen LogP contribution is 2.30. The van der Waals surface area contributed by atoms with Crippen molar-refractivity contribution >= 4 is 27.7 Å². The number of thiazole rings is 1. The first-order valence-electron chi connectivity index (χ1n) is 9.46. The Hall–Kier alpha value is -3.02. The maximum Gasteiger partial charge on any atom is 0.485 e. The van der Waals surface area contributed by atoms with Crippen LogP contribution in [0.1, 0.15) is 30.0 Å². The summed E-state index contributed by atoms with van der Waals surface area (Å²) in [6, 6.07) is 10.7. The number of hydrogen-bond acceptors (Lipinski definition) is 9. The second-order valence-electron chi connectivity index (χ2n) is 6.58. The number of benzene rings is 2. The predicted octanol–water partition coefficient (Wildman–Crippen LogP) is 4.52. The van der Waals surface area contributed by atoms with Crippen molar-refractivity contribution in [3.05, 3.63) is 64.4 Å². The van der Waals surface area contributed by atoms with Gasteiger partial charge in [0.1, 0.15) is 28.9 Å². The zero-order valence-electron chi connectivity index (χ0n) is 17.5. The van der Waals surface area contributed by atoms with Crippen molar-refractivity contribution in [2.75, 3.05) is 0 Å². The molecule has 32 heavy (non-hydrogen) atoms. The minimum Gasteiger partial charge on any atom is -0.488 e. The minimum atomic E-state index is -4.58. The smallest absolute Gasteiger partial charge is 0.485 e. The van der Waals surface area contributed by atoms with E-state index in [-0.39, 0.29) is 18.2 Å². The van der Waals surface area contributed by atoms with Crippen molar-refractivity contribution in [3.8, 4) is 22.1 Å². The normalized spacial score (nSPS) is 11.2. The fourth-order valence-electron chi connectivity index (χ4n) is 2.64. The van der Waals surface area contributed by atoms with Gasteiger partial charge < -0.3 is 8.92 Å². The van der Waals surface area contributed by atoms with Crippen molar-refractivity contribution in [2.24, 2.45) is 0 Å². The van der Waals surface area contributed by atoms with E-state index in [4.69, 9.17) is 8.92 Å². The summed E-state index contributed by atoms with van der Waals surface area (Å²) in [6.07, 6.45) is 0.448. The van der Waals surface area contributed by atoms with Gasteiger partial charge in [0.15, 0.2) is 0 Å². The molecule has 0 saturated carbocycles. The molecule has 2 aromatic carbocycles. The van der Waals surface area contributed by atoms with Crippen LogP contribution in [-0.4, -0.2) is 19.4 Å². The van der Waals surface area contributed by atoms with E-state index in [1.165, 1.54) is 29.5 Å². The molecule has 1 aromatic heterocycles. The molecule has 0 saturated heterocycles. The topological polar surface area (TPSA) is 101 Å². The summed E-state index contributed by atoms with van der Waals surface area (Å²) in [6.45, 7) is 4.92. The van der Waals surface area contributed by atoms with E-state index in [1.807, 2.05) is 13.8 Å². The minimum absolute atomic E-state index is 0.0274. The zero-order valence-corrected chi connectivity index (χ0v) is 19.1. The Bertz CT molecular complexity index is 1210. The maximum atomic E-state index is 13.1. The Kier molecular flexibility index (Phi) is 7.44. The number of ether oxygens (including phenoxy) is 1. The van der Waals surface area contributed by atoms with Crippen molar-refractivity contribution in [3.63, 3.8) is 0 Å². The van der Waals surface area contributed by atoms with Crippen LogP contribution in [0.4, 0.5) is 4.39 Å². The number of carbonyl (C=O) groups excluding carboxylic acids is 1. The second kappa shape index (κ2) is 10.1. The number of halogens is 1. The Morgan fingerprint density at radius 3 is 2.53 bits per heavy atom. The standard InChI is InChI=1S/C21H20FNO7S2/c1-4-15-11-18(9-10-19(15)29-32(25,26)30-28-14(3)24)27-12-20-13(2)23-21(31-20)16-5-7-17(22)8-6-16/h5-11H,4,12H2,1-3H3. The largest absolute Gasteiger partial charge is 0.488 e. The first-order chi connectivity index (χ1) is 15.2. The van der Waals surface area contributed by atoms with E-state index in [9.17, 15) is 17.6 Å². The SMILES string of the molecule is CCc1cc(OCc2sc(-c3ccc(F)cc3)nc2C)ccc1OS(=O)(=O)OOC(C)=O. The van der Waals surface area contributed by atoms with Crippen LogP contribution in [0.25, 0.3) is 10.6 Å². The molecule has 1 heterocycles. The molecule has 0 aliphatic carbocycles. The molecular formula is C21H20FNO7S2. The quantitative estimate of drug-likeness (QED) is 0.325. The molecule has 0 bridgehead atoms. The first kappa shape index (κ1) is 23.6. The lowest BCUT2D eigenvalue weighted by Gasteiger charge is -2.11. The molecule has 0 aliphatic rings. The lowest BCUT2D eigenvalue weighted by atomic mass is 10.1. The van der Waals surface area contributed by atoms with Gasteiger partial charge in [-0.15, -0.1) is 11.3 Å². The molecule has 8 nitrogen and oxygen atoms in total. The molecule has 11 heteroatoms. The highest BCUT2D eigenvalue weighted by molar-refractivity contribution is 7.82. The summed E-state index contributed by atoms with van der Waals surface area (Å²) in [7, 11) is -4.58. The highest BCUT2D eigenvalue weighted by atomic mass is 32.3. The summed E-state index contributed by atoms with van der Waals surface area (Å²) in [5.74, 6) is -0.712. The highest BCUT2D eigenvalue weighted by Gasteiger charge is 2.20. The lowest BCUT2D eigenvalue weighted by molar-refractivity contribution is -0.211. The Morgan fingerprint density at radius 2 is 1.88 bits per heavy atom. The number of nitrogens with zero attached hydrogens (tertiary/aromatic N) is 1. The molecule has 0 aliphatic heterocycles.